The molecule has 1 aliphatic heterocycles. The number of fused-ring (bicyclic) bond motifs is 3. The molecule has 148 valence electrons. The molecule has 2 aliphatic rings. The Morgan fingerprint density at radius 2 is 1.93 bits per heavy atom. The van der Waals surface area contributed by atoms with Crippen LogP contribution in [-0.2, 0) is 19.1 Å². The number of hydrogen-bond donors (Lipinski definition) is 1. The Hall–Kier alpha value is -2.65. The number of carboxylic acids is 1. The SMILES string of the molecule is O=C(O)C(Oc1cccc2c1OC1CCCC21)OS(=O)(=O)c1ccc(F)cc1. The summed E-state index contributed by atoms with van der Waals surface area (Å²) in [4.78, 5) is 11.2. The zero-order valence-corrected chi connectivity index (χ0v) is 15.4. The lowest BCUT2D eigenvalue weighted by atomic mass is 9.97. The fraction of sp³-hybridized carbons (Fsp3) is 0.316. The average Bonchev–Trinajstić information content (AvgIpc) is 3.23. The van der Waals surface area contributed by atoms with E-state index in [0.29, 0.717) is 5.75 Å². The van der Waals surface area contributed by atoms with E-state index < -0.39 is 28.2 Å². The van der Waals surface area contributed by atoms with Gasteiger partial charge in [-0.1, -0.05) is 12.1 Å². The lowest BCUT2D eigenvalue weighted by Gasteiger charge is -2.17. The molecule has 1 saturated carbocycles. The van der Waals surface area contributed by atoms with Crippen LogP contribution in [0.4, 0.5) is 4.39 Å². The highest BCUT2D eigenvalue weighted by Crippen LogP contribution is 2.50. The molecule has 1 N–H and O–H groups in total. The molecule has 3 unspecified atom stereocenters. The van der Waals surface area contributed by atoms with Gasteiger partial charge in [-0.25, -0.2) is 13.4 Å². The van der Waals surface area contributed by atoms with Crippen molar-refractivity contribution in [2.24, 2.45) is 0 Å². The highest BCUT2D eigenvalue weighted by molar-refractivity contribution is 7.86. The van der Waals surface area contributed by atoms with Crippen LogP contribution in [-0.4, -0.2) is 31.9 Å². The number of halogens is 1. The minimum absolute atomic E-state index is 0.0203. The van der Waals surface area contributed by atoms with E-state index in [2.05, 4.69) is 0 Å². The summed E-state index contributed by atoms with van der Waals surface area (Å²) < 4.78 is 53.7. The van der Waals surface area contributed by atoms with Crippen LogP contribution in [0.15, 0.2) is 47.4 Å². The number of carboxylic acid groups (broad SMARTS) is 1. The lowest BCUT2D eigenvalue weighted by Crippen LogP contribution is -2.32. The molecule has 0 saturated heterocycles. The van der Waals surface area contributed by atoms with Crippen molar-refractivity contribution in [1.82, 2.24) is 0 Å². The summed E-state index contributed by atoms with van der Waals surface area (Å²) in [5.74, 6) is -1.50. The number of ether oxygens (including phenoxy) is 2. The summed E-state index contributed by atoms with van der Waals surface area (Å²) >= 11 is 0. The molecule has 9 heteroatoms. The van der Waals surface area contributed by atoms with Gasteiger partial charge in [0, 0.05) is 11.5 Å². The topological polar surface area (TPSA) is 99.1 Å². The third-order valence-corrected chi connectivity index (χ3v) is 6.16. The van der Waals surface area contributed by atoms with E-state index in [0.717, 1.165) is 49.1 Å². The first-order chi connectivity index (χ1) is 13.3. The Balaban J connectivity index is 1.58. The summed E-state index contributed by atoms with van der Waals surface area (Å²) in [6.07, 6.45) is 0.823. The molecule has 1 aliphatic carbocycles. The molecule has 4 rings (SSSR count). The third-order valence-electron chi connectivity index (χ3n) is 4.88. The number of para-hydroxylation sites is 1. The second-order valence-electron chi connectivity index (χ2n) is 6.66. The minimum atomic E-state index is -4.48. The van der Waals surface area contributed by atoms with Crippen LogP contribution < -0.4 is 9.47 Å². The molecule has 3 atom stereocenters. The van der Waals surface area contributed by atoms with Gasteiger partial charge in [0.1, 0.15) is 11.9 Å². The van der Waals surface area contributed by atoms with E-state index in [4.69, 9.17) is 13.7 Å². The summed E-state index contributed by atoms with van der Waals surface area (Å²) in [7, 11) is -4.48. The van der Waals surface area contributed by atoms with Gasteiger partial charge in [0.05, 0.1) is 4.90 Å². The van der Waals surface area contributed by atoms with Crippen LogP contribution in [0.3, 0.4) is 0 Å². The largest absolute Gasteiger partial charge is 0.486 e. The molecule has 1 fully saturated rings. The fourth-order valence-corrected chi connectivity index (χ4v) is 4.55. The van der Waals surface area contributed by atoms with E-state index in [9.17, 15) is 22.7 Å². The second-order valence-corrected chi connectivity index (χ2v) is 8.23. The molecule has 2 aromatic rings. The predicted octanol–water partition coefficient (Wildman–Crippen LogP) is 3.05. The fourth-order valence-electron chi connectivity index (χ4n) is 3.62. The van der Waals surface area contributed by atoms with Crippen molar-refractivity contribution in [2.45, 2.75) is 42.5 Å². The minimum Gasteiger partial charge on any atom is -0.486 e. The number of carbonyl (C=O) groups is 1. The zero-order chi connectivity index (χ0) is 19.9. The number of aliphatic carboxylic acids is 1. The van der Waals surface area contributed by atoms with Crippen LogP contribution in [0.1, 0.15) is 30.7 Å². The van der Waals surface area contributed by atoms with Crippen LogP contribution in [0.2, 0.25) is 0 Å². The molecule has 0 amide bonds. The Labute approximate surface area is 160 Å². The van der Waals surface area contributed by atoms with Crippen molar-refractivity contribution >= 4 is 16.1 Å². The van der Waals surface area contributed by atoms with Crippen molar-refractivity contribution in [3.63, 3.8) is 0 Å². The molecule has 0 bridgehead atoms. The molecular weight excluding hydrogens is 391 g/mol. The quantitative estimate of drug-likeness (QED) is 0.579. The van der Waals surface area contributed by atoms with Gasteiger partial charge < -0.3 is 14.6 Å². The number of hydrogen-bond acceptors (Lipinski definition) is 6. The monoisotopic (exact) mass is 408 g/mol. The molecule has 0 spiro atoms. The highest BCUT2D eigenvalue weighted by Gasteiger charge is 2.40. The molecule has 2 aromatic carbocycles. The van der Waals surface area contributed by atoms with Gasteiger partial charge >= 0.3 is 22.4 Å². The van der Waals surface area contributed by atoms with Crippen LogP contribution in [0, 0.1) is 5.82 Å². The summed E-state index contributed by atoms with van der Waals surface area (Å²) in [6.45, 7) is 0. The lowest BCUT2D eigenvalue weighted by molar-refractivity contribution is -0.158. The van der Waals surface area contributed by atoms with Gasteiger partial charge in [0.15, 0.2) is 11.5 Å². The van der Waals surface area contributed by atoms with Crippen molar-refractivity contribution in [2.75, 3.05) is 0 Å². The Kier molecular flexibility index (Phi) is 4.72. The van der Waals surface area contributed by atoms with E-state index in [1.54, 1.807) is 6.07 Å². The molecule has 28 heavy (non-hydrogen) atoms. The Bertz CT molecular complexity index is 1000. The molecular formula is C19H17FO7S. The van der Waals surface area contributed by atoms with Gasteiger partial charge in [0.2, 0.25) is 0 Å². The van der Waals surface area contributed by atoms with Crippen LogP contribution >= 0.6 is 0 Å². The predicted molar refractivity (Wildman–Crippen MR) is 94.2 cm³/mol. The molecule has 0 radical (unpaired) electrons. The van der Waals surface area contributed by atoms with E-state index in [-0.39, 0.29) is 22.7 Å². The van der Waals surface area contributed by atoms with Gasteiger partial charge in [-0.3, -0.25) is 0 Å². The summed E-state index contributed by atoms with van der Waals surface area (Å²) in [5.41, 5.74) is 0.922. The van der Waals surface area contributed by atoms with Gasteiger partial charge in [-0.2, -0.15) is 8.42 Å². The van der Waals surface area contributed by atoms with Gasteiger partial charge in [0.25, 0.3) is 0 Å². The molecule has 7 nitrogen and oxygen atoms in total. The first-order valence-electron chi connectivity index (χ1n) is 8.73. The molecule has 1 heterocycles. The van der Waals surface area contributed by atoms with E-state index in [1.807, 2.05) is 6.07 Å². The Morgan fingerprint density at radius 1 is 1.18 bits per heavy atom. The maximum atomic E-state index is 13.0. The average molecular weight is 408 g/mol. The first kappa shape index (κ1) is 18.7. The van der Waals surface area contributed by atoms with Crippen molar-refractivity contribution < 1.29 is 36.4 Å². The maximum Gasteiger partial charge on any atom is 0.375 e. The normalized spacial score (nSPS) is 21.5. The standard InChI is InChI=1S/C19H17FO7S/c20-11-7-9-12(10-8-11)28(23,24)27-19(18(21)22)26-16-6-2-4-14-13-3-1-5-15(13)25-17(14)16/h2,4,6-10,13,15,19H,1,3,5H2,(H,21,22). The summed E-state index contributed by atoms with van der Waals surface area (Å²) in [5, 5.41) is 9.38. The smallest absolute Gasteiger partial charge is 0.375 e. The number of rotatable bonds is 6. The highest BCUT2D eigenvalue weighted by atomic mass is 32.2. The van der Waals surface area contributed by atoms with Crippen molar-refractivity contribution in [3.8, 4) is 11.5 Å². The maximum absolute atomic E-state index is 13.0. The second kappa shape index (κ2) is 7.06. The third kappa shape index (κ3) is 3.43. The molecule has 0 aromatic heterocycles. The van der Waals surface area contributed by atoms with Crippen molar-refractivity contribution in [3.05, 3.63) is 53.8 Å². The Morgan fingerprint density at radius 3 is 2.64 bits per heavy atom. The van der Waals surface area contributed by atoms with Crippen molar-refractivity contribution in [1.29, 1.82) is 0 Å². The van der Waals surface area contributed by atoms with Crippen LogP contribution in [0.25, 0.3) is 0 Å². The number of benzene rings is 2. The first-order valence-corrected chi connectivity index (χ1v) is 10.1. The van der Waals surface area contributed by atoms with E-state index in [1.165, 1.54) is 6.07 Å². The zero-order valence-electron chi connectivity index (χ0n) is 14.6. The summed E-state index contributed by atoms with van der Waals surface area (Å²) in [6, 6.07) is 8.93. The van der Waals surface area contributed by atoms with Gasteiger partial charge in [-0.15, -0.1) is 0 Å². The van der Waals surface area contributed by atoms with Crippen LogP contribution in [0.5, 0.6) is 11.5 Å². The van der Waals surface area contributed by atoms with Gasteiger partial charge in [-0.05, 0) is 49.6 Å². The van der Waals surface area contributed by atoms with E-state index >= 15 is 0 Å².